The Morgan fingerprint density at radius 3 is 2.80 bits per heavy atom. The predicted molar refractivity (Wildman–Crippen MR) is 100 cm³/mol. The molecule has 1 aliphatic heterocycles. The van der Waals surface area contributed by atoms with Crippen molar-refractivity contribution >= 4 is 56.5 Å². The zero-order chi connectivity index (χ0) is 18.3. The highest BCUT2D eigenvalue weighted by Crippen LogP contribution is 2.41. The maximum atomic E-state index is 13.3. The van der Waals surface area contributed by atoms with Crippen molar-refractivity contribution in [2.75, 3.05) is 18.9 Å². The van der Waals surface area contributed by atoms with Crippen LogP contribution in [0.4, 0.5) is 10.2 Å². The molecule has 3 rings (SSSR count). The van der Waals surface area contributed by atoms with Gasteiger partial charge in [-0.15, -0.1) is 0 Å². The number of hydrogen-bond acceptors (Lipinski definition) is 4. The van der Waals surface area contributed by atoms with Crippen molar-refractivity contribution in [1.29, 1.82) is 0 Å². The zero-order valence-corrected chi connectivity index (χ0v) is 16.5. The number of nitrogens with zero attached hydrogens (tertiary/aromatic N) is 4. The van der Waals surface area contributed by atoms with Crippen molar-refractivity contribution in [2.24, 2.45) is 13.0 Å². The first kappa shape index (κ1) is 18.2. The van der Waals surface area contributed by atoms with Crippen molar-refractivity contribution in [1.82, 2.24) is 19.7 Å². The second kappa shape index (κ2) is 6.97. The third-order valence-electron chi connectivity index (χ3n) is 4.10. The summed E-state index contributed by atoms with van der Waals surface area (Å²) in [6.07, 6.45) is 0. The van der Waals surface area contributed by atoms with Crippen LogP contribution >= 0.6 is 39.7 Å². The molecule has 0 spiro atoms. The van der Waals surface area contributed by atoms with Gasteiger partial charge in [-0.3, -0.25) is 9.48 Å². The molecular formula is C15H14BrClFN5OS. The Hall–Kier alpha value is -1.58. The van der Waals surface area contributed by atoms with E-state index in [-0.39, 0.29) is 17.6 Å². The van der Waals surface area contributed by atoms with Crippen LogP contribution in [0.25, 0.3) is 0 Å². The number of carbonyl (C=O) groups excluding carboxylic acids is 1. The van der Waals surface area contributed by atoms with Crippen LogP contribution < -0.4 is 5.32 Å². The molecule has 0 saturated carbocycles. The van der Waals surface area contributed by atoms with Gasteiger partial charge in [-0.1, -0.05) is 29.9 Å². The van der Waals surface area contributed by atoms with Crippen LogP contribution in [-0.2, 0) is 11.8 Å². The van der Waals surface area contributed by atoms with Gasteiger partial charge in [-0.25, -0.2) is 4.98 Å². The van der Waals surface area contributed by atoms with Crippen LogP contribution in [-0.4, -0.2) is 44.2 Å². The van der Waals surface area contributed by atoms with Crippen molar-refractivity contribution in [3.8, 4) is 0 Å². The zero-order valence-electron chi connectivity index (χ0n) is 13.3. The van der Waals surface area contributed by atoms with Gasteiger partial charge in [0.2, 0.25) is 11.9 Å². The molecule has 6 nitrogen and oxygen atoms in total. The number of halogens is 3. The molecule has 132 valence electrons. The maximum Gasteiger partial charge on any atom is 0.236 e. The lowest BCUT2D eigenvalue weighted by Gasteiger charge is -2.17. The van der Waals surface area contributed by atoms with E-state index >= 15 is 0 Å². The summed E-state index contributed by atoms with van der Waals surface area (Å²) in [4.78, 5) is 18.8. The topological polar surface area (TPSA) is 63.1 Å². The van der Waals surface area contributed by atoms with Gasteiger partial charge in [0.1, 0.15) is 15.6 Å². The van der Waals surface area contributed by atoms with E-state index in [0.29, 0.717) is 21.3 Å². The second-order valence-corrected chi connectivity index (χ2v) is 7.28. The first-order valence-electron chi connectivity index (χ1n) is 7.36. The number of amides is 1. The summed E-state index contributed by atoms with van der Waals surface area (Å²) in [7, 11) is 3.54. The molecule has 1 aliphatic rings. The number of hydrogen-bond donors (Lipinski definition) is 1. The number of aromatic nitrogens is 3. The average Bonchev–Trinajstić information content (AvgIpc) is 2.95. The Morgan fingerprint density at radius 2 is 2.20 bits per heavy atom. The van der Waals surface area contributed by atoms with Crippen LogP contribution in [0, 0.1) is 11.9 Å². The molecule has 2 aromatic heterocycles. The smallest absolute Gasteiger partial charge is 0.236 e. The molecular weight excluding hydrogens is 433 g/mol. The summed E-state index contributed by atoms with van der Waals surface area (Å²) in [6.45, 7) is 0.525. The Morgan fingerprint density at radius 1 is 1.48 bits per heavy atom. The number of rotatable bonds is 3. The van der Waals surface area contributed by atoms with Crippen LogP contribution in [0.3, 0.4) is 0 Å². The highest BCUT2D eigenvalue weighted by Gasteiger charge is 2.44. The lowest BCUT2D eigenvalue weighted by Crippen LogP contribution is -2.32. The molecule has 1 amide bonds. The standard InChI is InChI=1S/C15H14BrClFN5OS/c1-22-6-7(10-12(16)21-23(2)13(10)17)11(15(22)25)14(24)20-9-5-3-4-8(18)19-9/h3-5,7,11H,6H2,1-2H3,(H,19,20,24)/t7-,11+/m1/s1. The largest absolute Gasteiger partial charge is 0.368 e. The lowest BCUT2D eigenvalue weighted by molar-refractivity contribution is -0.118. The van der Waals surface area contributed by atoms with E-state index in [4.69, 9.17) is 23.8 Å². The molecule has 3 heterocycles. The molecule has 2 atom stereocenters. The molecule has 1 N–H and O–H groups in total. The second-order valence-electron chi connectivity index (χ2n) is 5.76. The highest BCUT2D eigenvalue weighted by atomic mass is 79.9. The SMILES string of the molecule is CN1C[C@H](c2c(Br)nn(C)c2Cl)[C@@H](C(=O)Nc2cccc(F)n2)C1=S. The number of likely N-dealkylation sites (tertiary alicyclic amines) is 1. The Kier molecular flexibility index (Phi) is 5.08. The average molecular weight is 447 g/mol. The molecule has 1 saturated heterocycles. The van der Waals surface area contributed by atoms with Crippen LogP contribution in [0.1, 0.15) is 11.5 Å². The Labute approximate surface area is 162 Å². The van der Waals surface area contributed by atoms with Gasteiger partial charge in [0.25, 0.3) is 0 Å². The Bertz CT molecular complexity index is 860. The van der Waals surface area contributed by atoms with Crippen LogP contribution in [0.15, 0.2) is 22.8 Å². The first-order valence-corrected chi connectivity index (χ1v) is 8.93. The van der Waals surface area contributed by atoms with E-state index in [0.717, 1.165) is 5.56 Å². The Balaban J connectivity index is 1.93. The monoisotopic (exact) mass is 445 g/mol. The van der Waals surface area contributed by atoms with Gasteiger partial charge in [-0.2, -0.15) is 9.49 Å². The van der Waals surface area contributed by atoms with E-state index in [1.807, 2.05) is 11.9 Å². The third-order valence-corrected chi connectivity index (χ3v) is 5.70. The number of carbonyl (C=O) groups is 1. The fourth-order valence-corrected chi connectivity index (χ4v) is 4.38. The minimum atomic E-state index is -0.668. The van der Waals surface area contributed by atoms with E-state index in [9.17, 15) is 9.18 Å². The van der Waals surface area contributed by atoms with Crippen molar-refractivity contribution in [3.05, 3.63) is 39.5 Å². The van der Waals surface area contributed by atoms with Gasteiger partial charge < -0.3 is 10.2 Å². The summed E-state index contributed by atoms with van der Waals surface area (Å²) in [5.74, 6) is -1.80. The van der Waals surface area contributed by atoms with E-state index in [2.05, 4.69) is 31.3 Å². The fourth-order valence-electron chi connectivity index (χ4n) is 2.93. The van der Waals surface area contributed by atoms with Crippen molar-refractivity contribution in [3.63, 3.8) is 0 Å². The van der Waals surface area contributed by atoms with Crippen molar-refractivity contribution < 1.29 is 9.18 Å². The molecule has 0 radical (unpaired) electrons. The molecule has 0 unspecified atom stereocenters. The summed E-state index contributed by atoms with van der Waals surface area (Å²) in [5, 5.41) is 7.31. The molecule has 0 aromatic carbocycles. The number of likely N-dealkylation sites (N-methyl/N-ethyl adjacent to an activating group) is 1. The number of nitrogens with one attached hydrogen (secondary N) is 1. The van der Waals surface area contributed by atoms with Gasteiger partial charge in [-0.05, 0) is 28.1 Å². The third kappa shape index (κ3) is 3.40. The van der Waals surface area contributed by atoms with E-state index < -0.39 is 11.9 Å². The number of aryl methyl sites for hydroxylation is 1. The number of thiocarbonyl (C=S) groups is 1. The van der Waals surface area contributed by atoms with Gasteiger partial charge in [0.15, 0.2) is 0 Å². The van der Waals surface area contributed by atoms with Crippen molar-refractivity contribution in [2.45, 2.75) is 5.92 Å². The molecule has 1 fully saturated rings. The summed E-state index contributed by atoms with van der Waals surface area (Å²) < 4.78 is 15.4. The molecule has 0 aliphatic carbocycles. The summed E-state index contributed by atoms with van der Waals surface area (Å²) >= 11 is 15.2. The molecule has 25 heavy (non-hydrogen) atoms. The minimum Gasteiger partial charge on any atom is -0.368 e. The predicted octanol–water partition coefficient (Wildman–Crippen LogP) is 2.98. The highest BCUT2D eigenvalue weighted by molar-refractivity contribution is 9.10. The van der Waals surface area contributed by atoms with E-state index in [1.165, 1.54) is 22.9 Å². The maximum absolute atomic E-state index is 13.3. The van der Waals surface area contributed by atoms with Gasteiger partial charge >= 0.3 is 0 Å². The number of anilines is 1. The summed E-state index contributed by atoms with van der Waals surface area (Å²) in [6, 6.07) is 4.20. The molecule has 2 aromatic rings. The summed E-state index contributed by atoms with van der Waals surface area (Å²) in [5.41, 5.74) is 0.725. The van der Waals surface area contributed by atoms with Crippen LogP contribution in [0.2, 0.25) is 5.15 Å². The fraction of sp³-hybridized carbons (Fsp3) is 0.333. The van der Waals surface area contributed by atoms with Gasteiger partial charge in [0, 0.05) is 32.1 Å². The number of pyridine rings is 1. The lowest BCUT2D eigenvalue weighted by atomic mass is 9.90. The quantitative estimate of drug-likeness (QED) is 0.580. The first-order chi connectivity index (χ1) is 11.8. The van der Waals surface area contributed by atoms with E-state index in [1.54, 1.807) is 7.05 Å². The normalized spacial score (nSPS) is 20.2. The minimum absolute atomic E-state index is 0.137. The van der Waals surface area contributed by atoms with Gasteiger partial charge in [0.05, 0.1) is 10.9 Å². The van der Waals surface area contributed by atoms with Crippen LogP contribution in [0.5, 0.6) is 0 Å². The molecule has 0 bridgehead atoms. The molecule has 10 heteroatoms.